The summed E-state index contributed by atoms with van der Waals surface area (Å²) in [5, 5.41) is 4.70. The summed E-state index contributed by atoms with van der Waals surface area (Å²) in [4.78, 5) is 27.6. The summed E-state index contributed by atoms with van der Waals surface area (Å²) in [5.74, 6) is 0.157. The van der Waals surface area contributed by atoms with Crippen LogP contribution in [-0.2, 0) is 17.8 Å². The Labute approximate surface area is 152 Å². The first kappa shape index (κ1) is 17.7. The number of nitrogens with one attached hydrogen (secondary N) is 1. The minimum Gasteiger partial charge on any atom is -0.355 e. The number of thiophene rings is 1. The molecule has 0 spiro atoms. The number of benzene rings is 1. The van der Waals surface area contributed by atoms with Gasteiger partial charge in [-0.1, -0.05) is 18.2 Å². The Morgan fingerprint density at radius 2 is 1.96 bits per heavy atom. The highest BCUT2D eigenvalue weighted by molar-refractivity contribution is 7.09. The van der Waals surface area contributed by atoms with Crippen molar-refractivity contribution in [2.75, 3.05) is 7.05 Å². The third-order valence-electron chi connectivity index (χ3n) is 4.50. The summed E-state index contributed by atoms with van der Waals surface area (Å²) in [5.41, 5.74) is 1.72. The minimum absolute atomic E-state index is 0.0877. The van der Waals surface area contributed by atoms with Crippen LogP contribution in [0.4, 0.5) is 0 Å². The van der Waals surface area contributed by atoms with Crippen molar-refractivity contribution in [3.8, 4) is 0 Å². The molecule has 1 saturated carbocycles. The number of hydrogen-bond acceptors (Lipinski definition) is 3. The van der Waals surface area contributed by atoms with Crippen LogP contribution < -0.4 is 5.32 Å². The Balaban J connectivity index is 1.55. The zero-order valence-corrected chi connectivity index (χ0v) is 15.3. The lowest BCUT2D eigenvalue weighted by Gasteiger charge is -2.23. The molecule has 0 atom stereocenters. The van der Waals surface area contributed by atoms with Crippen LogP contribution in [0.1, 0.15) is 46.5 Å². The van der Waals surface area contributed by atoms with Crippen LogP contribution in [0.25, 0.3) is 0 Å². The topological polar surface area (TPSA) is 49.4 Å². The lowest BCUT2D eigenvalue weighted by atomic mass is 10.1. The van der Waals surface area contributed by atoms with Gasteiger partial charge >= 0.3 is 0 Å². The van der Waals surface area contributed by atoms with Crippen LogP contribution in [0.5, 0.6) is 0 Å². The molecule has 0 aliphatic heterocycles. The van der Waals surface area contributed by atoms with E-state index in [1.807, 2.05) is 29.2 Å². The highest BCUT2D eigenvalue weighted by atomic mass is 32.1. The first-order valence-electron chi connectivity index (χ1n) is 8.80. The predicted molar refractivity (Wildman–Crippen MR) is 101 cm³/mol. The lowest BCUT2D eigenvalue weighted by molar-refractivity contribution is -0.132. The van der Waals surface area contributed by atoms with E-state index in [-0.39, 0.29) is 11.8 Å². The van der Waals surface area contributed by atoms with Crippen LogP contribution in [0.2, 0.25) is 0 Å². The fraction of sp³-hybridized carbons (Fsp3) is 0.400. The second-order valence-corrected chi connectivity index (χ2v) is 7.49. The van der Waals surface area contributed by atoms with E-state index in [1.54, 1.807) is 18.4 Å². The van der Waals surface area contributed by atoms with E-state index < -0.39 is 0 Å². The largest absolute Gasteiger partial charge is 0.355 e. The van der Waals surface area contributed by atoms with Crippen molar-refractivity contribution in [2.24, 2.45) is 0 Å². The van der Waals surface area contributed by atoms with Crippen LogP contribution in [-0.4, -0.2) is 29.8 Å². The predicted octanol–water partition coefficient (Wildman–Crippen LogP) is 3.62. The smallest absolute Gasteiger partial charge is 0.251 e. The maximum atomic E-state index is 12.6. The molecule has 0 saturated heterocycles. The van der Waals surface area contributed by atoms with Gasteiger partial charge in [0.25, 0.3) is 5.91 Å². The van der Waals surface area contributed by atoms with Crippen LogP contribution >= 0.6 is 11.3 Å². The fourth-order valence-corrected chi connectivity index (χ4v) is 3.67. The average Bonchev–Trinajstić information content (AvgIpc) is 3.35. The van der Waals surface area contributed by atoms with Gasteiger partial charge in [-0.25, -0.2) is 0 Å². The van der Waals surface area contributed by atoms with Gasteiger partial charge in [0, 0.05) is 36.5 Å². The summed E-state index contributed by atoms with van der Waals surface area (Å²) < 4.78 is 0. The Hall–Kier alpha value is -2.14. The van der Waals surface area contributed by atoms with Crippen molar-refractivity contribution in [1.82, 2.24) is 10.2 Å². The van der Waals surface area contributed by atoms with E-state index in [9.17, 15) is 9.59 Å². The molecule has 3 rings (SSSR count). The van der Waals surface area contributed by atoms with Crippen molar-refractivity contribution >= 4 is 23.2 Å². The molecule has 1 aliphatic rings. The van der Waals surface area contributed by atoms with E-state index >= 15 is 0 Å². The van der Waals surface area contributed by atoms with Gasteiger partial charge in [0.05, 0.1) is 0 Å². The van der Waals surface area contributed by atoms with E-state index in [0.29, 0.717) is 24.6 Å². The maximum absolute atomic E-state index is 12.6. The highest BCUT2D eigenvalue weighted by Crippen LogP contribution is 2.29. The zero-order valence-electron chi connectivity index (χ0n) is 14.5. The van der Waals surface area contributed by atoms with Gasteiger partial charge in [0.2, 0.25) is 5.91 Å². The Bertz CT molecular complexity index is 706. The van der Waals surface area contributed by atoms with Gasteiger partial charge in [-0.2, -0.15) is 0 Å². The SMILES string of the molecule is CNC(=O)c1ccc(CN(C(=O)CCCc2cccs2)C2CC2)cc1. The molecular formula is C20H24N2O2S. The summed E-state index contributed by atoms with van der Waals surface area (Å²) >= 11 is 1.75. The van der Waals surface area contributed by atoms with Gasteiger partial charge < -0.3 is 10.2 Å². The monoisotopic (exact) mass is 356 g/mol. The number of carbonyl (C=O) groups excluding carboxylic acids is 2. The van der Waals surface area contributed by atoms with Crippen molar-refractivity contribution in [3.63, 3.8) is 0 Å². The average molecular weight is 356 g/mol. The Morgan fingerprint density at radius 3 is 2.56 bits per heavy atom. The molecular weight excluding hydrogens is 332 g/mol. The van der Waals surface area contributed by atoms with Crippen LogP contribution in [0, 0.1) is 0 Å². The minimum atomic E-state index is -0.0877. The molecule has 1 aliphatic carbocycles. The third kappa shape index (κ3) is 4.92. The third-order valence-corrected chi connectivity index (χ3v) is 5.43. The van der Waals surface area contributed by atoms with Gasteiger partial charge in [-0.3, -0.25) is 9.59 Å². The number of carbonyl (C=O) groups is 2. The van der Waals surface area contributed by atoms with Crippen molar-refractivity contribution in [3.05, 3.63) is 57.8 Å². The fourth-order valence-electron chi connectivity index (χ4n) is 2.92. The number of nitrogens with zero attached hydrogens (tertiary/aromatic N) is 1. The standard InChI is InChI=1S/C20H24N2O2S/c1-21-20(24)16-9-7-15(8-10-16)14-22(17-11-12-17)19(23)6-2-4-18-5-3-13-25-18/h3,5,7-10,13,17H,2,4,6,11-12,14H2,1H3,(H,21,24). The number of hydrogen-bond donors (Lipinski definition) is 1. The molecule has 25 heavy (non-hydrogen) atoms. The van der Waals surface area contributed by atoms with E-state index in [1.165, 1.54) is 4.88 Å². The van der Waals surface area contributed by atoms with Gasteiger partial charge in [-0.15, -0.1) is 11.3 Å². The van der Waals surface area contributed by atoms with Gasteiger partial charge in [-0.05, 0) is 54.8 Å². The van der Waals surface area contributed by atoms with E-state index in [2.05, 4.69) is 22.8 Å². The lowest BCUT2D eigenvalue weighted by Crippen LogP contribution is -2.32. The Kier molecular flexibility index (Phi) is 5.87. The second-order valence-electron chi connectivity index (χ2n) is 6.46. The van der Waals surface area contributed by atoms with Crippen LogP contribution in [0.3, 0.4) is 0 Å². The number of amides is 2. The molecule has 4 nitrogen and oxygen atoms in total. The van der Waals surface area contributed by atoms with Crippen molar-refractivity contribution < 1.29 is 9.59 Å². The second kappa shape index (κ2) is 8.30. The molecule has 1 aromatic carbocycles. The summed E-state index contributed by atoms with van der Waals surface area (Å²) in [6.07, 6.45) is 4.69. The molecule has 5 heteroatoms. The van der Waals surface area contributed by atoms with Crippen molar-refractivity contribution in [2.45, 2.75) is 44.7 Å². The number of aryl methyl sites for hydroxylation is 1. The molecule has 0 unspecified atom stereocenters. The molecule has 0 bridgehead atoms. The first-order chi connectivity index (χ1) is 12.2. The molecule has 1 fully saturated rings. The van der Waals surface area contributed by atoms with Crippen LogP contribution in [0.15, 0.2) is 41.8 Å². The quantitative estimate of drug-likeness (QED) is 0.785. The van der Waals surface area contributed by atoms with E-state index in [4.69, 9.17) is 0 Å². The molecule has 2 aromatic rings. The highest BCUT2D eigenvalue weighted by Gasteiger charge is 2.32. The van der Waals surface area contributed by atoms with Gasteiger partial charge in [0.15, 0.2) is 0 Å². The zero-order chi connectivity index (χ0) is 17.6. The molecule has 1 heterocycles. The summed E-state index contributed by atoms with van der Waals surface area (Å²) in [6, 6.07) is 12.1. The van der Waals surface area contributed by atoms with Crippen molar-refractivity contribution in [1.29, 1.82) is 0 Å². The molecule has 1 aromatic heterocycles. The summed E-state index contributed by atoms with van der Waals surface area (Å²) in [6.45, 7) is 0.635. The molecule has 1 N–H and O–H groups in total. The molecule has 2 amide bonds. The Morgan fingerprint density at radius 1 is 1.20 bits per heavy atom. The number of rotatable bonds is 8. The first-order valence-corrected chi connectivity index (χ1v) is 9.68. The van der Waals surface area contributed by atoms with Gasteiger partial charge in [0.1, 0.15) is 0 Å². The molecule has 0 radical (unpaired) electrons. The maximum Gasteiger partial charge on any atom is 0.251 e. The normalized spacial score (nSPS) is 13.5. The molecule has 132 valence electrons. The van der Waals surface area contributed by atoms with E-state index in [0.717, 1.165) is 31.2 Å². The summed E-state index contributed by atoms with van der Waals surface area (Å²) in [7, 11) is 1.62.